The third kappa shape index (κ3) is 5.63. The van der Waals surface area contributed by atoms with Gasteiger partial charge < -0.3 is 10.1 Å². The first-order chi connectivity index (χ1) is 17.6. The van der Waals surface area contributed by atoms with Crippen LogP contribution in [0, 0.1) is 17.8 Å². The van der Waals surface area contributed by atoms with Gasteiger partial charge in [-0.1, -0.05) is 67.1 Å². The normalized spacial score (nSPS) is 20.5. The molecule has 188 valence electrons. The lowest BCUT2D eigenvalue weighted by Gasteiger charge is -2.41. The van der Waals surface area contributed by atoms with E-state index in [1.54, 1.807) is 13.0 Å². The van der Waals surface area contributed by atoms with Crippen LogP contribution in [0.25, 0.3) is 0 Å². The molecule has 2 aromatic carbocycles. The zero-order valence-corrected chi connectivity index (χ0v) is 21.0. The maximum Gasteiger partial charge on any atom is 0.325 e. The zero-order chi connectivity index (χ0) is 25.4. The summed E-state index contributed by atoms with van der Waals surface area (Å²) in [5.41, 5.74) is 1.42. The summed E-state index contributed by atoms with van der Waals surface area (Å²) in [5.74, 6) is 6.51. The Hall–Kier alpha value is -3.56. The van der Waals surface area contributed by atoms with Crippen LogP contribution in [0.4, 0.5) is 4.79 Å². The molecule has 1 unspecified atom stereocenters. The van der Waals surface area contributed by atoms with Crippen LogP contribution in [-0.2, 0) is 17.8 Å². The monoisotopic (exact) mass is 485 g/mol. The molecule has 1 atom stereocenters. The number of benzene rings is 2. The number of carbonyl (C=O) groups excluding carboxylic acids is 2. The molecule has 2 aliphatic rings. The van der Waals surface area contributed by atoms with Gasteiger partial charge in [-0.15, -0.1) is 5.92 Å². The molecule has 2 saturated heterocycles. The highest BCUT2D eigenvalue weighted by atomic mass is 16.5. The van der Waals surface area contributed by atoms with Crippen molar-refractivity contribution >= 4 is 11.9 Å². The standard InChI is InChI=1S/C30H35N3O3/c1-3-5-19-33-28(34)30(31-29(33)35,18-15-24-11-7-6-8-12-24)26-16-20-32(21-17-26)23-25-13-9-10-14-27(25)36-22-4-2/h4,6-14,26H,2,15-23H2,1H3,(H,31,35). The number of imide groups is 1. The van der Waals surface area contributed by atoms with E-state index in [4.69, 9.17) is 4.74 Å². The van der Waals surface area contributed by atoms with Crippen molar-refractivity contribution in [3.63, 3.8) is 0 Å². The Morgan fingerprint density at radius 3 is 2.56 bits per heavy atom. The van der Waals surface area contributed by atoms with Gasteiger partial charge in [-0.3, -0.25) is 14.6 Å². The summed E-state index contributed by atoms with van der Waals surface area (Å²) >= 11 is 0. The number of amides is 3. The zero-order valence-electron chi connectivity index (χ0n) is 21.0. The molecule has 36 heavy (non-hydrogen) atoms. The fraction of sp³-hybridized carbons (Fsp3) is 0.400. The summed E-state index contributed by atoms with van der Waals surface area (Å²) in [4.78, 5) is 30.3. The van der Waals surface area contributed by atoms with Gasteiger partial charge in [0.25, 0.3) is 5.91 Å². The third-order valence-electron chi connectivity index (χ3n) is 7.27. The fourth-order valence-electron chi connectivity index (χ4n) is 5.33. The van der Waals surface area contributed by atoms with E-state index in [0.29, 0.717) is 13.0 Å². The van der Waals surface area contributed by atoms with E-state index in [0.717, 1.165) is 50.2 Å². The number of rotatable bonds is 10. The minimum absolute atomic E-state index is 0.0701. The summed E-state index contributed by atoms with van der Waals surface area (Å²) in [6.45, 7) is 8.56. The summed E-state index contributed by atoms with van der Waals surface area (Å²) in [6, 6.07) is 17.9. The van der Waals surface area contributed by atoms with E-state index in [1.165, 1.54) is 10.5 Å². The molecule has 0 aliphatic carbocycles. The number of para-hydroxylation sites is 1. The summed E-state index contributed by atoms with van der Waals surface area (Å²) in [6.07, 6.45) is 4.74. The first-order valence-corrected chi connectivity index (χ1v) is 12.7. The van der Waals surface area contributed by atoms with Crippen molar-refractivity contribution in [2.75, 3.05) is 26.2 Å². The summed E-state index contributed by atoms with van der Waals surface area (Å²) < 4.78 is 5.84. The first kappa shape index (κ1) is 25.5. The molecule has 0 spiro atoms. The van der Waals surface area contributed by atoms with Crippen LogP contribution in [-0.4, -0.2) is 53.5 Å². The van der Waals surface area contributed by atoms with Crippen LogP contribution >= 0.6 is 0 Å². The lowest BCUT2D eigenvalue weighted by molar-refractivity contribution is -0.134. The Balaban J connectivity index is 1.48. The molecule has 2 fully saturated rings. The van der Waals surface area contributed by atoms with E-state index in [9.17, 15) is 9.59 Å². The largest absolute Gasteiger partial charge is 0.489 e. The average molecular weight is 486 g/mol. The van der Waals surface area contributed by atoms with Crippen molar-refractivity contribution in [2.24, 2.45) is 5.92 Å². The number of nitrogens with zero attached hydrogens (tertiary/aromatic N) is 2. The van der Waals surface area contributed by atoms with Gasteiger partial charge in [-0.05, 0) is 63.2 Å². The Morgan fingerprint density at radius 1 is 1.11 bits per heavy atom. The number of hydrogen-bond donors (Lipinski definition) is 1. The topological polar surface area (TPSA) is 61.9 Å². The van der Waals surface area contributed by atoms with Crippen LogP contribution in [0.2, 0.25) is 0 Å². The van der Waals surface area contributed by atoms with Gasteiger partial charge in [0.2, 0.25) is 0 Å². The molecule has 6 heteroatoms. The van der Waals surface area contributed by atoms with E-state index in [1.807, 2.05) is 36.4 Å². The number of carbonyl (C=O) groups is 2. The number of nitrogens with one attached hydrogen (secondary N) is 1. The number of ether oxygens (including phenoxy) is 1. The van der Waals surface area contributed by atoms with Crippen LogP contribution < -0.4 is 10.1 Å². The predicted octanol–water partition coefficient (Wildman–Crippen LogP) is 4.41. The number of likely N-dealkylation sites (tertiary alicyclic amines) is 1. The van der Waals surface area contributed by atoms with Crippen LogP contribution in [0.1, 0.15) is 37.3 Å². The molecule has 6 nitrogen and oxygen atoms in total. The predicted molar refractivity (Wildman–Crippen MR) is 141 cm³/mol. The van der Waals surface area contributed by atoms with Crippen LogP contribution in [0.15, 0.2) is 67.3 Å². The molecule has 0 radical (unpaired) electrons. The van der Waals surface area contributed by atoms with Gasteiger partial charge in [-0.2, -0.15) is 0 Å². The molecular weight excluding hydrogens is 450 g/mol. The smallest absolute Gasteiger partial charge is 0.325 e. The van der Waals surface area contributed by atoms with Gasteiger partial charge in [0.05, 0.1) is 6.54 Å². The second kappa shape index (κ2) is 11.9. The van der Waals surface area contributed by atoms with Crippen molar-refractivity contribution in [3.8, 4) is 17.6 Å². The maximum absolute atomic E-state index is 13.7. The molecule has 0 saturated carbocycles. The van der Waals surface area contributed by atoms with Crippen molar-refractivity contribution in [3.05, 3.63) is 78.4 Å². The van der Waals surface area contributed by atoms with E-state index < -0.39 is 5.54 Å². The van der Waals surface area contributed by atoms with Gasteiger partial charge >= 0.3 is 6.03 Å². The second-order valence-corrected chi connectivity index (χ2v) is 9.46. The first-order valence-electron chi connectivity index (χ1n) is 12.7. The van der Waals surface area contributed by atoms with Crippen molar-refractivity contribution in [1.29, 1.82) is 0 Å². The van der Waals surface area contributed by atoms with E-state index in [2.05, 4.69) is 46.8 Å². The van der Waals surface area contributed by atoms with Crippen LogP contribution in [0.5, 0.6) is 5.75 Å². The molecule has 2 heterocycles. The van der Waals surface area contributed by atoms with E-state index in [-0.39, 0.29) is 24.4 Å². The Labute approximate surface area is 214 Å². The molecule has 0 aromatic heterocycles. The number of piperidine rings is 1. The lowest BCUT2D eigenvalue weighted by Crippen LogP contribution is -2.56. The van der Waals surface area contributed by atoms with Crippen molar-refractivity contribution in [2.45, 2.75) is 44.7 Å². The maximum atomic E-state index is 13.7. The minimum atomic E-state index is -0.889. The number of aryl methyl sites for hydroxylation is 1. The Morgan fingerprint density at radius 2 is 1.83 bits per heavy atom. The summed E-state index contributed by atoms with van der Waals surface area (Å²) in [7, 11) is 0. The number of urea groups is 1. The van der Waals surface area contributed by atoms with Crippen molar-refractivity contribution < 1.29 is 14.3 Å². The summed E-state index contributed by atoms with van der Waals surface area (Å²) in [5, 5.41) is 3.13. The molecular formula is C30H35N3O3. The minimum Gasteiger partial charge on any atom is -0.489 e. The SMILES string of the molecule is C=CCOc1ccccc1CN1CCC(C2(CCc3ccccc3)NC(=O)N(CC#CC)C2=O)CC1. The third-order valence-corrected chi connectivity index (χ3v) is 7.27. The molecule has 1 N–H and O–H groups in total. The fourth-order valence-corrected chi connectivity index (χ4v) is 5.33. The average Bonchev–Trinajstić information content (AvgIpc) is 3.16. The number of hydrogen-bond acceptors (Lipinski definition) is 4. The highest BCUT2D eigenvalue weighted by Crippen LogP contribution is 2.37. The Kier molecular flexibility index (Phi) is 8.45. The highest BCUT2D eigenvalue weighted by Gasteiger charge is 2.55. The molecule has 2 aliphatic heterocycles. The second-order valence-electron chi connectivity index (χ2n) is 9.46. The van der Waals surface area contributed by atoms with Gasteiger partial charge in [0.1, 0.15) is 17.9 Å². The lowest BCUT2D eigenvalue weighted by atomic mass is 9.74. The van der Waals surface area contributed by atoms with Gasteiger partial charge in [-0.25, -0.2) is 4.79 Å². The van der Waals surface area contributed by atoms with Crippen LogP contribution in [0.3, 0.4) is 0 Å². The molecule has 2 aromatic rings. The highest BCUT2D eigenvalue weighted by molar-refractivity contribution is 6.07. The molecule has 4 rings (SSSR count). The van der Waals surface area contributed by atoms with Crippen molar-refractivity contribution in [1.82, 2.24) is 15.1 Å². The quantitative estimate of drug-likeness (QED) is 0.308. The molecule has 3 amide bonds. The molecule has 0 bridgehead atoms. The van der Waals surface area contributed by atoms with Gasteiger partial charge in [0.15, 0.2) is 0 Å². The Bertz CT molecular complexity index is 1130. The van der Waals surface area contributed by atoms with Gasteiger partial charge in [0, 0.05) is 12.1 Å². The van der Waals surface area contributed by atoms with E-state index >= 15 is 0 Å².